The number of pyridine rings is 1. The lowest BCUT2D eigenvalue weighted by Gasteiger charge is -2.26. The molecule has 3 aromatic rings. The van der Waals surface area contributed by atoms with Gasteiger partial charge in [-0.15, -0.1) is 0 Å². The summed E-state index contributed by atoms with van der Waals surface area (Å²) < 4.78 is 12.5. The molecule has 1 aliphatic rings. The average molecular weight is 328 g/mol. The van der Waals surface area contributed by atoms with Gasteiger partial charge in [-0.1, -0.05) is 0 Å². The van der Waals surface area contributed by atoms with Gasteiger partial charge in [-0.2, -0.15) is 4.98 Å². The fraction of sp³-hybridized carbons (Fsp3) is 0.312. The van der Waals surface area contributed by atoms with Crippen molar-refractivity contribution >= 4 is 22.6 Å². The van der Waals surface area contributed by atoms with E-state index in [1.54, 1.807) is 39.8 Å². The van der Waals surface area contributed by atoms with Crippen LogP contribution in [0, 0.1) is 0 Å². The first-order chi connectivity index (χ1) is 11.7. The van der Waals surface area contributed by atoms with Crippen LogP contribution >= 0.6 is 0 Å². The highest BCUT2D eigenvalue weighted by molar-refractivity contribution is 5.78. The standard InChI is InChI=1S/C16H16N4O4/c21-14(19-6-8-23-9-7-19)10-24-13-4-3-11-15(18-13)20-5-1-2-12(20)16(22)17-11/h1-5H,6-10H2,(H,17,22). The Morgan fingerprint density at radius 2 is 2.12 bits per heavy atom. The molecule has 1 fully saturated rings. The number of morpholine rings is 1. The van der Waals surface area contributed by atoms with Crippen LogP contribution in [0.25, 0.3) is 16.7 Å². The SMILES string of the molecule is O=C(COc1ccc2[nH]c(=O)c3cccn3c2n1)N1CCOCC1. The number of nitrogens with zero attached hydrogens (tertiary/aromatic N) is 3. The second-order valence-corrected chi connectivity index (χ2v) is 5.52. The van der Waals surface area contributed by atoms with Crippen LogP contribution in [0.2, 0.25) is 0 Å². The molecule has 0 saturated carbocycles. The van der Waals surface area contributed by atoms with E-state index in [1.165, 1.54) is 0 Å². The minimum absolute atomic E-state index is 0.0727. The molecular weight excluding hydrogens is 312 g/mol. The van der Waals surface area contributed by atoms with E-state index in [1.807, 2.05) is 0 Å². The number of nitrogens with one attached hydrogen (secondary N) is 1. The molecule has 4 heterocycles. The predicted octanol–water partition coefficient (Wildman–Crippen LogP) is 0.413. The molecule has 0 aliphatic carbocycles. The Bertz CT molecular complexity index is 956. The van der Waals surface area contributed by atoms with Crippen molar-refractivity contribution < 1.29 is 14.3 Å². The summed E-state index contributed by atoms with van der Waals surface area (Å²) in [5.74, 6) is 0.249. The molecule has 0 unspecified atom stereocenters. The molecule has 8 heteroatoms. The quantitative estimate of drug-likeness (QED) is 0.752. The van der Waals surface area contributed by atoms with Gasteiger partial charge < -0.3 is 19.4 Å². The third-order valence-corrected chi connectivity index (χ3v) is 4.01. The number of fused-ring (bicyclic) bond motifs is 3. The molecule has 0 bridgehead atoms. The molecule has 0 atom stereocenters. The van der Waals surface area contributed by atoms with Gasteiger partial charge in [0.15, 0.2) is 12.3 Å². The van der Waals surface area contributed by atoms with Gasteiger partial charge in [-0.05, 0) is 18.2 Å². The van der Waals surface area contributed by atoms with E-state index in [0.29, 0.717) is 48.9 Å². The van der Waals surface area contributed by atoms with Crippen molar-refractivity contribution in [1.29, 1.82) is 0 Å². The van der Waals surface area contributed by atoms with E-state index < -0.39 is 0 Å². The lowest BCUT2D eigenvalue weighted by Crippen LogP contribution is -2.43. The maximum absolute atomic E-state index is 12.1. The number of ether oxygens (including phenoxy) is 2. The smallest absolute Gasteiger partial charge is 0.272 e. The van der Waals surface area contributed by atoms with E-state index in [-0.39, 0.29) is 18.1 Å². The summed E-state index contributed by atoms with van der Waals surface area (Å²) in [5.41, 5.74) is 1.52. The lowest BCUT2D eigenvalue weighted by molar-refractivity contribution is -0.137. The minimum Gasteiger partial charge on any atom is -0.467 e. The number of carbonyl (C=O) groups is 1. The zero-order valence-corrected chi connectivity index (χ0v) is 12.9. The van der Waals surface area contributed by atoms with Crippen molar-refractivity contribution in [3.05, 3.63) is 40.8 Å². The van der Waals surface area contributed by atoms with Gasteiger partial charge in [0.25, 0.3) is 11.5 Å². The number of rotatable bonds is 3. The number of hydrogen-bond donors (Lipinski definition) is 1. The van der Waals surface area contributed by atoms with Crippen LogP contribution in [-0.4, -0.2) is 58.1 Å². The van der Waals surface area contributed by atoms with Crippen LogP contribution in [0.1, 0.15) is 0 Å². The Balaban J connectivity index is 1.57. The third-order valence-electron chi connectivity index (χ3n) is 4.01. The summed E-state index contributed by atoms with van der Waals surface area (Å²) in [5, 5.41) is 0. The highest BCUT2D eigenvalue weighted by atomic mass is 16.5. The van der Waals surface area contributed by atoms with Crippen LogP contribution in [0.15, 0.2) is 35.3 Å². The van der Waals surface area contributed by atoms with E-state index in [4.69, 9.17) is 9.47 Å². The van der Waals surface area contributed by atoms with Crippen LogP contribution in [0.5, 0.6) is 5.88 Å². The zero-order chi connectivity index (χ0) is 16.5. The number of hydrogen-bond acceptors (Lipinski definition) is 5. The normalized spacial score (nSPS) is 15.1. The molecule has 8 nitrogen and oxygen atoms in total. The number of H-pyrrole nitrogens is 1. The maximum atomic E-state index is 12.1. The molecule has 3 aromatic heterocycles. The van der Waals surface area contributed by atoms with E-state index in [2.05, 4.69) is 9.97 Å². The van der Waals surface area contributed by atoms with E-state index in [9.17, 15) is 9.59 Å². The molecule has 0 spiro atoms. The topological polar surface area (TPSA) is 88.9 Å². The summed E-state index contributed by atoms with van der Waals surface area (Å²) in [4.78, 5) is 33.0. The Morgan fingerprint density at radius 3 is 2.96 bits per heavy atom. The summed E-state index contributed by atoms with van der Waals surface area (Å²) in [6.07, 6.45) is 1.77. The number of aromatic nitrogens is 3. The number of amides is 1. The molecule has 4 rings (SSSR count). The largest absolute Gasteiger partial charge is 0.467 e. The molecular formula is C16H16N4O4. The van der Waals surface area contributed by atoms with Crippen molar-refractivity contribution in [2.24, 2.45) is 0 Å². The van der Waals surface area contributed by atoms with Crippen molar-refractivity contribution in [1.82, 2.24) is 19.3 Å². The van der Waals surface area contributed by atoms with Gasteiger partial charge in [-0.3, -0.25) is 14.0 Å². The molecule has 124 valence electrons. The van der Waals surface area contributed by atoms with Crippen molar-refractivity contribution in [3.63, 3.8) is 0 Å². The van der Waals surface area contributed by atoms with Crippen molar-refractivity contribution in [2.75, 3.05) is 32.9 Å². The second-order valence-electron chi connectivity index (χ2n) is 5.52. The predicted molar refractivity (Wildman–Crippen MR) is 86.2 cm³/mol. The highest BCUT2D eigenvalue weighted by Crippen LogP contribution is 2.15. The summed E-state index contributed by atoms with van der Waals surface area (Å²) >= 11 is 0. The van der Waals surface area contributed by atoms with Crippen molar-refractivity contribution in [3.8, 4) is 5.88 Å². The molecule has 1 saturated heterocycles. The average Bonchev–Trinajstić information content (AvgIpc) is 3.11. The third kappa shape index (κ3) is 2.61. The fourth-order valence-corrected chi connectivity index (χ4v) is 2.77. The summed E-state index contributed by atoms with van der Waals surface area (Å²) in [7, 11) is 0. The second kappa shape index (κ2) is 5.97. The molecule has 1 amide bonds. The van der Waals surface area contributed by atoms with Crippen molar-refractivity contribution in [2.45, 2.75) is 0 Å². The molecule has 0 aromatic carbocycles. The Labute approximate surface area is 136 Å². The minimum atomic E-state index is -0.175. The summed E-state index contributed by atoms with van der Waals surface area (Å²) in [6.45, 7) is 2.20. The number of aromatic amines is 1. The van der Waals surface area contributed by atoms with Gasteiger partial charge >= 0.3 is 0 Å². The van der Waals surface area contributed by atoms with Gasteiger partial charge in [0.1, 0.15) is 5.52 Å². The Hall–Kier alpha value is -2.87. The van der Waals surface area contributed by atoms with Gasteiger partial charge in [-0.25, -0.2) is 0 Å². The van der Waals surface area contributed by atoms with Gasteiger partial charge in [0, 0.05) is 25.4 Å². The summed E-state index contributed by atoms with van der Waals surface area (Å²) in [6, 6.07) is 6.86. The first-order valence-corrected chi connectivity index (χ1v) is 7.71. The first-order valence-electron chi connectivity index (χ1n) is 7.71. The molecule has 0 radical (unpaired) electrons. The van der Waals surface area contributed by atoms with Gasteiger partial charge in [0.05, 0.1) is 18.7 Å². The monoisotopic (exact) mass is 328 g/mol. The van der Waals surface area contributed by atoms with Gasteiger partial charge in [0.2, 0.25) is 5.88 Å². The zero-order valence-electron chi connectivity index (χ0n) is 12.9. The van der Waals surface area contributed by atoms with E-state index in [0.717, 1.165) is 0 Å². The Morgan fingerprint density at radius 1 is 1.29 bits per heavy atom. The first kappa shape index (κ1) is 14.7. The Kier molecular flexibility index (Phi) is 3.66. The van der Waals surface area contributed by atoms with Crippen LogP contribution in [0.3, 0.4) is 0 Å². The maximum Gasteiger partial charge on any atom is 0.272 e. The molecule has 1 N–H and O–H groups in total. The van der Waals surface area contributed by atoms with Crippen LogP contribution < -0.4 is 10.3 Å². The molecule has 24 heavy (non-hydrogen) atoms. The van der Waals surface area contributed by atoms with E-state index >= 15 is 0 Å². The number of carbonyl (C=O) groups excluding carboxylic acids is 1. The molecule has 1 aliphatic heterocycles. The lowest BCUT2D eigenvalue weighted by atomic mass is 10.4. The van der Waals surface area contributed by atoms with Crippen LogP contribution in [0.4, 0.5) is 0 Å². The fourth-order valence-electron chi connectivity index (χ4n) is 2.77. The highest BCUT2D eigenvalue weighted by Gasteiger charge is 2.17. The van der Waals surface area contributed by atoms with Crippen LogP contribution in [-0.2, 0) is 9.53 Å².